The third kappa shape index (κ3) is 3.41. The van der Waals surface area contributed by atoms with Gasteiger partial charge in [0.15, 0.2) is 3.95 Å². The highest BCUT2D eigenvalue weighted by atomic mass is 79.9. The quantitative estimate of drug-likeness (QED) is 0.764. The normalized spacial score (nSPS) is 15.8. The van der Waals surface area contributed by atoms with E-state index in [1.54, 1.807) is 12.3 Å². The summed E-state index contributed by atoms with van der Waals surface area (Å²) in [5.74, 6) is -0.839. The minimum Gasteiger partial charge on any atom is -0.493 e. The Morgan fingerprint density at radius 3 is 2.95 bits per heavy atom. The maximum atomic E-state index is 10.5. The predicted molar refractivity (Wildman–Crippen MR) is 81.5 cm³/mol. The number of aromatic hydroxyl groups is 1. The van der Waals surface area contributed by atoms with Crippen molar-refractivity contribution >= 4 is 51.5 Å². The molecule has 2 heterocycles. The first-order chi connectivity index (χ1) is 9.49. The number of azo groups is 1. The summed E-state index contributed by atoms with van der Waals surface area (Å²) in [5.41, 5.74) is 0.606. The number of aliphatic carboxylic acids is 1. The first-order valence-corrected chi connectivity index (χ1v) is 7.64. The fourth-order valence-corrected chi connectivity index (χ4v) is 3.15. The fourth-order valence-electron chi connectivity index (χ4n) is 1.57. The van der Waals surface area contributed by atoms with Crippen LogP contribution >= 0.6 is 39.5 Å². The van der Waals surface area contributed by atoms with Crippen molar-refractivity contribution in [2.45, 2.75) is 19.4 Å². The van der Waals surface area contributed by atoms with E-state index < -0.39 is 5.97 Å². The highest BCUT2D eigenvalue weighted by Gasteiger charge is 2.13. The lowest BCUT2D eigenvalue weighted by Crippen LogP contribution is -2.01. The Hall–Kier alpha value is -1.32. The molecule has 2 rings (SSSR count). The summed E-state index contributed by atoms with van der Waals surface area (Å²) in [5, 5.41) is 26.4. The number of hydrogen-bond acceptors (Lipinski definition) is 6. The van der Waals surface area contributed by atoms with Crippen molar-refractivity contribution < 1.29 is 15.0 Å². The topological polar surface area (TPSA) is 87.2 Å². The Bertz CT molecular complexity index is 688. The Morgan fingerprint density at radius 2 is 2.35 bits per heavy atom. The Morgan fingerprint density at radius 1 is 1.60 bits per heavy atom. The summed E-state index contributed by atoms with van der Waals surface area (Å²) in [6.07, 6.45) is 3.69. The molecule has 1 aromatic heterocycles. The third-order valence-corrected chi connectivity index (χ3v) is 4.51. The monoisotopic (exact) mass is 375 g/mol. The van der Waals surface area contributed by atoms with Gasteiger partial charge in [0.2, 0.25) is 5.88 Å². The molecule has 0 fully saturated rings. The first-order valence-electron chi connectivity index (χ1n) is 5.62. The van der Waals surface area contributed by atoms with E-state index in [0.29, 0.717) is 27.5 Å². The van der Waals surface area contributed by atoms with Crippen LogP contribution in [-0.4, -0.2) is 20.7 Å². The van der Waals surface area contributed by atoms with E-state index in [2.05, 4.69) is 26.2 Å². The maximum absolute atomic E-state index is 10.5. The number of carboxylic acids is 1. The van der Waals surface area contributed by atoms with Crippen molar-refractivity contribution in [1.29, 1.82) is 0 Å². The number of allylic oxidation sites excluding steroid dienone is 1. The number of thiazole rings is 1. The van der Waals surface area contributed by atoms with E-state index in [4.69, 9.17) is 17.3 Å². The van der Waals surface area contributed by atoms with Crippen LogP contribution in [0.2, 0.25) is 0 Å². The van der Waals surface area contributed by atoms with Gasteiger partial charge in [0.1, 0.15) is 5.70 Å². The summed E-state index contributed by atoms with van der Waals surface area (Å²) in [6, 6.07) is 0. The molecule has 1 aromatic rings. The van der Waals surface area contributed by atoms with Crippen molar-refractivity contribution in [2.75, 3.05) is 0 Å². The second kappa shape index (κ2) is 6.42. The van der Waals surface area contributed by atoms with Gasteiger partial charge >= 0.3 is 5.97 Å². The first kappa shape index (κ1) is 15.1. The van der Waals surface area contributed by atoms with E-state index in [0.717, 1.165) is 4.48 Å². The Labute approximate surface area is 131 Å². The van der Waals surface area contributed by atoms with Crippen molar-refractivity contribution in [3.63, 3.8) is 0 Å². The molecule has 0 bridgehead atoms. The standard InChI is InChI=1S/C11H10BrN3O3S2/c12-6-5-13-14-7(6)4-8-10(18)15(11(19)20-8)3-1-2-9(16)17/h4-5,18H,1-3H2,(H,16,17). The molecule has 0 spiro atoms. The molecule has 0 amide bonds. The van der Waals surface area contributed by atoms with E-state index in [-0.39, 0.29) is 12.3 Å². The number of halogens is 1. The van der Waals surface area contributed by atoms with Gasteiger partial charge in [-0.15, -0.1) is 16.5 Å². The Kier molecular flexibility index (Phi) is 4.84. The van der Waals surface area contributed by atoms with E-state index in [1.807, 2.05) is 0 Å². The average molecular weight is 376 g/mol. The predicted octanol–water partition coefficient (Wildman–Crippen LogP) is 3.89. The number of aromatic nitrogens is 1. The number of rotatable bonds is 5. The lowest BCUT2D eigenvalue weighted by Gasteiger charge is -2.03. The molecule has 0 atom stereocenters. The van der Waals surface area contributed by atoms with Gasteiger partial charge in [0, 0.05) is 13.0 Å². The van der Waals surface area contributed by atoms with Crippen molar-refractivity contribution in [2.24, 2.45) is 10.2 Å². The van der Waals surface area contributed by atoms with Crippen LogP contribution in [0.4, 0.5) is 0 Å². The molecule has 1 aliphatic heterocycles. The van der Waals surface area contributed by atoms with Gasteiger partial charge < -0.3 is 10.2 Å². The van der Waals surface area contributed by atoms with Gasteiger partial charge in [-0.05, 0) is 40.6 Å². The van der Waals surface area contributed by atoms with Gasteiger partial charge in [-0.2, -0.15) is 5.11 Å². The second-order valence-corrected chi connectivity index (χ2v) is 6.46. The van der Waals surface area contributed by atoms with Gasteiger partial charge in [-0.1, -0.05) is 0 Å². The van der Waals surface area contributed by atoms with E-state index in [9.17, 15) is 9.90 Å². The van der Waals surface area contributed by atoms with Crippen molar-refractivity contribution in [3.05, 3.63) is 25.2 Å². The van der Waals surface area contributed by atoms with Crippen LogP contribution in [0.3, 0.4) is 0 Å². The molecule has 0 aromatic carbocycles. The van der Waals surface area contributed by atoms with Crippen LogP contribution in [0.25, 0.3) is 6.08 Å². The molecular weight excluding hydrogens is 366 g/mol. The Balaban J connectivity index is 2.21. The minimum absolute atomic E-state index is 0.0280. The molecule has 0 saturated heterocycles. The molecule has 1 aliphatic rings. The average Bonchev–Trinajstić information content (AvgIpc) is 2.88. The van der Waals surface area contributed by atoms with E-state index >= 15 is 0 Å². The van der Waals surface area contributed by atoms with Crippen LogP contribution < -0.4 is 0 Å². The maximum Gasteiger partial charge on any atom is 0.303 e. The highest BCUT2D eigenvalue weighted by molar-refractivity contribution is 9.12. The minimum atomic E-state index is -0.867. The number of carbonyl (C=O) groups is 1. The smallest absolute Gasteiger partial charge is 0.303 e. The third-order valence-electron chi connectivity index (χ3n) is 2.52. The van der Waals surface area contributed by atoms with Gasteiger partial charge in [0.05, 0.1) is 15.6 Å². The lowest BCUT2D eigenvalue weighted by atomic mass is 10.3. The highest BCUT2D eigenvalue weighted by Crippen LogP contribution is 2.33. The number of carboxylic acid groups (broad SMARTS) is 1. The van der Waals surface area contributed by atoms with Gasteiger partial charge in [-0.25, -0.2) is 0 Å². The number of nitrogens with zero attached hydrogens (tertiary/aromatic N) is 3. The second-order valence-electron chi connectivity index (χ2n) is 3.93. The van der Waals surface area contributed by atoms with Crippen molar-refractivity contribution in [3.8, 4) is 5.88 Å². The summed E-state index contributed by atoms with van der Waals surface area (Å²) in [6.45, 7) is 0.370. The summed E-state index contributed by atoms with van der Waals surface area (Å²) in [7, 11) is 0. The largest absolute Gasteiger partial charge is 0.493 e. The zero-order chi connectivity index (χ0) is 14.7. The zero-order valence-electron chi connectivity index (χ0n) is 10.1. The number of hydrogen-bond donors (Lipinski definition) is 2. The molecule has 20 heavy (non-hydrogen) atoms. The van der Waals surface area contributed by atoms with Gasteiger partial charge in [-0.3, -0.25) is 9.36 Å². The summed E-state index contributed by atoms with van der Waals surface area (Å²) in [4.78, 5) is 11.1. The molecule has 9 heteroatoms. The summed E-state index contributed by atoms with van der Waals surface area (Å²) < 4.78 is 2.75. The molecule has 106 valence electrons. The molecule has 0 saturated carbocycles. The fraction of sp³-hybridized carbons (Fsp3) is 0.273. The molecule has 0 radical (unpaired) electrons. The summed E-state index contributed by atoms with van der Waals surface area (Å²) >= 11 is 9.72. The SMILES string of the molecule is O=C(O)CCCn1c(O)c(C=C2N=NC=C2Br)sc1=S. The van der Waals surface area contributed by atoms with Crippen LogP contribution in [0.5, 0.6) is 5.88 Å². The van der Waals surface area contributed by atoms with Crippen LogP contribution in [0.15, 0.2) is 26.6 Å². The lowest BCUT2D eigenvalue weighted by molar-refractivity contribution is -0.137. The molecule has 6 nitrogen and oxygen atoms in total. The molecule has 2 N–H and O–H groups in total. The molecule has 0 unspecified atom stereocenters. The zero-order valence-corrected chi connectivity index (χ0v) is 13.3. The van der Waals surface area contributed by atoms with E-state index in [1.165, 1.54) is 15.9 Å². The van der Waals surface area contributed by atoms with Crippen LogP contribution in [0.1, 0.15) is 17.7 Å². The molecule has 0 aliphatic carbocycles. The molecular formula is C11H10BrN3O3S2. The van der Waals surface area contributed by atoms with Crippen molar-refractivity contribution in [1.82, 2.24) is 4.57 Å². The van der Waals surface area contributed by atoms with Crippen LogP contribution in [0, 0.1) is 3.95 Å². The van der Waals surface area contributed by atoms with Gasteiger partial charge in [0.25, 0.3) is 0 Å². The van der Waals surface area contributed by atoms with Crippen LogP contribution in [-0.2, 0) is 11.3 Å².